The average molecular weight is 337 g/mol. The van der Waals surface area contributed by atoms with Crippen molar-refractivity contribution >= 4 is 18.3 Å². The van der Waals surface area contributed by atoms with Gasteiger partial charge in [0, 0.05) is 25.4 Å². The van der Waals surface area contributed by atoms with Crippen molar-refractivity contribution in [3.63, 3.8) is 0 Å². The second kappa shape index (κ2) is 8.70. The molecule has 23 heavy (non-hydrogen) atoms. The molecule has 1 aromatic heterocycles. The standard InChI is InChI=1S/C17H24N4O.ClH/c1-13(2)9-16(18)17(22)20(3)11-14-10-19-21(12-14)15-7-5-4-6-8-15;/h4-8,10,12-13,16H,9,11,18H2,1-3H3;1H/t16-;/m0./s1. The van der Waals surface area contributed by atoms with Crippen molar-refractivity contribution in [1.29, 1.82) is 0 Å². The summed E-state index contributed by atoms with van der Waals surface area (Å²) in [7, 11) is 1.78. The number of halogens is 1. The van der Waals surface area contributed by atoms with E-state index in [9.17, 15) is 4.79 Å². The maximum atomic E-state index is 12.2. The van der Waals surface area contributed by atoms with Gasteiger partial charge in [-0.25, -0.2) is 4.68 Å². The maximum Gasteiger partial charge on any atom is 0.239 e. The summed E-state index contributed by atoms with van der Waals surface area (Å²) in [5.41, 5.74) is 7.94. The van der Waals surface area contributed by atoms with E-state index in [2.05, 4.69) is 18.9 Å². The number of hydrogen-bond donors (Lipinski definition) is 1. The first kappa shape index (κ1) is 19.2. The first-order valence-corrected chi connectivity index (χ1v) is 7.57. The summed E-state index contributed by atoms with van der Waals surface area (Å²) < 4.78 is 1.81. The Morgan fingerprint density at radius 2 is 1.96 bits per heavy atom. The summed E-state index contributed by atoms with van der Waals surface area (Å²) >= 11 is 0. The number of likely N-dealkylation sites (N-methyl/N-ethyl adjacent to an activating group) is 1. The summed E-state index contributed by atoms with van der Waals surface area (Å²) in [6.07, 6.45) is 4.42. The first-order valence-electron chi connectivity index (χ1n) is 7.57. The Balaban J connectivity index is 0.00000264. The van der Waals surface area contributed by atoms with Crippen LogP contribution in [0.15, 0.2) is 42.7 Å². The predicted octanol–water partition coefficient (Wildman–Crippen LogP) is 2.63. The molecule has 0 fully saturated rings. The van der Waals surface area contributed by atoms with Crippen LogP contribution >= 0.6 is 12.4 Å². The number of amides is 1. The topological polar surface area (TPSA) is 64.2 Å². The van der Waals surface area contributed by atoms with E-state index >= 15 is 0 Å². The third-order valence-corrected chi connectivity index (χ3v) is 3.50. The monoisotopic (exact) mass is 336 g/mol. The lowest BCUT2D eigenvalue weighted by Crippen LogP contribution is -2.42. The summed E-state index contributed by atoms with van der Waals surface area (Å²) in [6, 6.07) is 9.45. The quantitative estimate of drug-likeness (QED) is 0.882. The second-order valence-corrected chi connectivity index (χ2v) is 6.06. The number of rotatable bonds is 6. The zero-order valence-corrected chi connectivity index (χ0v) is 14.7. The molecule has 2 rings (SSSR count). The van der Waals surface area contributed by atoms with Crippen LogP contribution in [0.25, 0.3) is 5.69 Å². The van der Waals surface area contributed by atoms with E-state index in [0.717, 1.165) is 11.3 Å². The lowest BCUT2D eigenvalue weighted by molar-refractivity contribution is -0.132. The highest BCUT2D eigenvalue weighted by molar-refractivity contribution is 5.85. The molecule has 2 aromatic rings. The number of para-hydroxylation sites is 1. The summed E-state index contributed by atoms with van der Waals surface area (Å²) in [6.45, 7) is 4.64. The third kappa shape index (κ3) is 5.37. The van der Waals surface area contributed by atoms with Crippen LogP contribution in [0.4, 0.5) is 0 Å². The fourth-order valence-corrected chi connectivity index (χ4v) is 2.41. The fraction of sp³-hybridized carbons (Fsp3) is 0.412. The van der Waals surface area contributed by atoms with Gasteiger partial charge in [-0.05, 0) is 24.5 Å². The smallest absolute Gasteiger partial charge is 0.239 e. The Labute approximate surface area is 143 Å². The van der Waals surface area contributed by atoms with E-state index < -0.39 is 6.04 Å². The van der Waals surface area contributed by atoms with Crippen molar-refractivity contribution in [2.45, 2.75) is 32.9 Å². The Morgan fingerprint density at radius 1 is 1.30 bits per heavy atom. The lowest BCUT2D eigenvalue weighted by Gasteiger charge is -2.21. The molecular weight excluding hydrogens is 312 g/mol. The van der Waals surface area contributed by atoms with Gasteiger partial charge < -0.3 is 10.6 Å². The highest BCUT2D eigenvalue weighted by Gasteiger charge is 2.19. The molecule has 0 saturated carbocycles. The molecule has 0 bridgehead atoms. The molecular formula is C17H25ClN4O. The molecule has 0 spiro atoms. The summed E-state index contributed by atoms with van der Waals surface area (Å²) in [5, 5.41) is 4.34. The maximum absolute atomic E-state index is 12.2. The number of hydrogen-bond acceptors (Lipinski definition) is 3. The molecule has 1 atom stereocenters. The Kier molecular flexibility index (Phi) is 7.26. The van der Waals surface area contributed by atoms with E-state index in [0.29, 0.717) is 18.9 Å². The van der Waals surface area contributed by atoms with Crippen molar-refractivity contribution in [2.75, 3.05) is 7.05 Å². The van der Waals surface area contributed by atoms with Crippen LogP contribution < -0.4 is 5.73 Å². The molecule has 0 aliphatic rings. The van der Waals surface area contributed by atoms with Crippen LogP contribution in [0.3, 0.4) is 0 Å². The normalized spacial score (nSPS) is 11.9. The Morgan fingerprint density at radius 3 is 2.57 bits per heavy atom. The molecule has 0 aliphatic carbocycles. The molecule has 1 aromatic carbocycles. The number of nitrogens with zero attached hydrogens (tertiary/aromatic N) is 3. The van der Waals surface area contributed by atoms with Gasteiger partial charge in [0.2, 0.25) is 5.91 Å². The van der Waals surface area contributed by atoms with Crippen LogP contribution in [-0.4, -0.2) is 33.7 Å². The van der Waals surface area contributed by atoms with Crippen LogP contribution in [0.1, 0.15) is 25.8 Å². The molecule has 6 heteroatoms. The van der Waals surface area contributed by atoms with Crippen LogP contribution in [0.5, 0.6) is 0 Å². The summed E-state index contributed by atoms with van der Waals surface area (Å²) in [5.74, 6) is 0.384. The van der Waals surface area contributed by atoms with Gasteiger partial charge in [-0.15, -0.1) is 12.4 Å². The van der Waals surface area contributed by atoms with Gasteiger partial charge in [0.25, 0.3) is 0 Å². The molecule has 5 nitrogen and oxygen atoms in total. The van der Waals surface area contributed by atoms with Crippen molar-refractivity contribution < 1.29 is 4.79 Å². The zero-order chi connectivity index (χ0) is 16.1. The summed E-state index contributed by atoms with van der Waals surface area (Å²) in [4.78, 5) is 13.9. The van der Waals surface area contributed by atoms with Gasteiger partial charge in [-0.2, -0.15) is 5.10 Å². The largest absolute Gasteiger partial charge is 0.340 e. The molecule has 0 saturated heterocycles. The average Bonchev–Trinajstić information content (AvgIpc) is 2.95. The predicted molar refractivity (Wildman–Crippen MR) is 94.7 cm³/mol. The molecule has 0 unspecified atom stereocenters. The molecule has 126 valence electrons. The Hall–Kier alpha value is -1.85. The lowest BCUT2D eigenvalue weighted by atomic mass is 10.0. The third-order valence-electron chi connectivity index (χ3n) is 3.50. The number of benzene rings is 1. The molecule has 2 N–H and O–H groups in total. The Bertz CT molecular complexity index is 612. The molecule has 1 amide bonds. The first-order chi connectivity index (χ1) is 10.5. The van der Waals surface area contributed by atoms with Crippen molar-refractivity contribution in [2.24, 2.45) is 11.7 Å². The van der Waals surface area contributed by atoms with Crippen LogP contribution in [-0.2, 0) is 11.3 Å². The number of aromatic nitrogens is 2. The van der Waals surface area contributed by atoms with E-state index in [1.807, 2.05) is 41.2 Å². The zero-order valence-electron chi connectivity index (χ0n) is 13.8. The van der Waals surface area contributed by atoms with E-state index in [1.54, 1.807) is 18.1 Å². The fourth-order valence-electron chi connectivity index (χ4n) is 2.41. The van der Waals surface area contributed by atoms with Crippen molar-refractivity contribution in [1.82, 2.24) is 14.7 Å². The van der Waals surface area contributed by atoms with Gasteiger partial charge in [0.1, 0.15) is 0 Å². The van der Waals surface area contributed by atoms with Gasteiger partial charge >= 0.3 is 0 Å². The minimum atomic E-state index is -0.436. The van der Waals surface area contributed by atoms with Crippen molar-refractivity contribution in [3.05, 3.63) is 48.3 Å². The van der Waals surface area contributed by atoms with E-state index in [-0.39, 0.29) is 18.3 Å². The van der Waals surface area contributed by atoms with E-state index in [1.165, 1.54) is 0 Å². The van der Waals surface area contributed by atoms with E-state index in [4.69, 9.17) is 5.73 Å². The van der Waals surface area contributed by atoms with Crippen LogP contribution in [0, 0.1) is 5.92 Å². The van der Waals surface area contributed by atoms with Gasteiger partial charge in [-0.3, -0.25) is 4.79 Å². The molecule has 0 radical (unpaired) electrons. The highest BCUT2D eigenvalue weighted by atomic mass is 35.5. The van der Waals surface area contributed by atoms with Gasteiger partial charge in [0.05, 0.1) is 17.9 Å². The van der Waals surface area contributed by atoms with Crippen LogP contribution in [0.2, 0.25) is 0 Å². The number of carbonyl (C=O) groups excluding carboxylic acids is 1. The second-order valence-electron chi connectivity index (χ2n) is 6.06. The molecule has 0 aliphatic heterocycles. The number of carbonyl (C=O) groups is 1. The van der Waals surface area contributed by atoms with Crippen molar-refractivity contribution in [3.8, 4) is 5.69 Å². The highest BCUT2D eigenvalue weighted by Crippen LogP contribution is 2.11. The minimum absolute atomic E-state index is 0. The number of nitrogens with two attached hydrogens (primary N) is 1. The SMILES string of the molecule is CC(C)C[C@H](N)C(=O)N(C)Cc1cnn(-c2ccccc2)c1.Cl. The molecule has 1 heterocycles. The van der Waals surface area contributed by atoms with Gasteiger partial charge in [-0.1, -0.05) is 32.0 Å². The van der Waals surface area contributed by atoms with Gasteiger partial charge in [0.15, 0.2) is 0 Å². The minimum Gasteiger partial charge on any atom is -0.340 e.